The molecule has 0 spiro atoms. The molecule has 3 aromatic rings. The standard InChI is InChI=1S/C20H19F2N5O2/c21-12-1-2-16(15(22)4-12)27-19-14(5-23-27)20(28)25-18(24-19)17-10-3-11(17)7-26(6-10)13-8-29-9-13/h1-2,4-5,10-11,13,17H,3,6-9H2,(H,24,25,28). The highest BCUT2D eigenvalue weighted by atomic mass is 19.1. The van der Waals surface area contributed by atoms with Crippen LogP contribution in [0.2, 0.25) is 0 Å². The molecule has 0 radical (unpaired) electrons. The highest BCUT2D eigenvalue weighted by Gasteiger charge is 2.50. The van der Waals surface area contributed by atoms with Gasteiger partial charge in [0.05, 0.1) is 25.5 Å². The topological polar surface area (TPSA) is 76.0 Å². The van der Waals surface area contributed by atoms with Crippen LogP contribution in [0.4, 0.5) is 8.78 Å². The molecular weight excluding hydrogens is 380 g/mol. The number of nitrogens with one attached hydrogen (secondary N) is 1. The van der Waals surface area contributed by atoms with Gasteiger partial charge in [-0.1, -0.05) is 0 Å². The molecule has 9 heteroatoms. The molecule has 2 atom stereocenters. The lowest BCUT2D eigenvalue weighted by Gasteiger charge is -2.55. The SMILES string of the molecule is O=c1[nH]c(C2C3CC2CN(C2COC2)C3)nc2c1cnn2-c1ccc(F)cc1F. The number of H-pyrrole nitrogens is 1. The van der Waals surface area contributed by atoms with Crippen molar-refractivity contribution in [2.24, 2.45) is 11.8 Å². The molecule has 1 aromatic carbocycles. The number of rotatable bonds is 3. The van der Waals surface area contributed by atoms with Gasteiger partial charge in [0.2, 0.25) is 0 Å². The Morgan fingerprint density at radius 2 is 1.97 bits per heavy atom. The number of ether oxygens (including phenoxy) is 1. The van der Waals surface area contributed by atoms with E-state index in [-0.39, 0.29) is 22.6 Å². The second-order valence-corrected chi connectivity index (χ2v) is 8.27. The van der Waals surface area contributed by atoms with E-state index in [9.17, 15) is 13.6 Å². The number of hydrogen-bond acceptors (Lipinski definition) is 5. The third-order valence-electron chi connectivity index (χ3n) is 6.61. The van der Waals surface area contributed by atoms with Crippen LogP contribution in [0.5, 0.6) is 0 Å². The van der Waals surface area contributed by atoms with Crippen LogP contribution < -0.4 is 5.56 Å². The van der Waals surface area contributed by atoms with E-state index in [1.54, 1.807) is 0 Å². The Morgan fingerprint density at radius 1 is 1.17 bits per heavy atom. The largest absolute Gasteiger partial charge is 0.378 e. The summed E-state index contributed by atoms with van der Waals surface area (Å²) in [6, 6.07) is 3.77. The summed E-state index contributed by atoms with van der Waals surface area (Å²) in [5.41, 5.74) is 0.0758. The van der Waals surface area contributed by atoms with Crippen molar-refractivity contribution in [2.75, 3.05) is 26.3 Å². The summed E-state index contributed by atoms with van der Waals surface area (Å²) < 4.78 is 34.2. The molecule has 1 N–H and O–H groups in total. The molecule has 2 aromatic heterocycles. The molecule has 1 aliphatic carbocycles. The quantitative estimate of drug-likeness (QED) is 0.727. The lowest BCUT2D eigenvalue weighted by molar-refractivity contribution is -0.114. The first-order chi connectivity index (χ1) is 14.1. The molecule has 2 unspecified atom stereocenters. The molecule has 150 valence electrons. The van der Waals surface area contributed by atoms with Crippen molar-refractivity contribution in [1.82, 2.24) is 24.6 Å². The second kappa shape index (κ2) is 6.17. The molecule has 4 aliphatic rings. The zero-order valence-corrected chi connectivity index (χ0v) is 15.5. The van der Waals surface area contributed by atoms with Gasteiger partial charge < -0.3 is 9.72 Å². The van der Waals surface area contributed by atoms with E-state index >= 15 is 0 Å². The first kappa shape index (κ1) is 17.2. The smallest absolute Gasteiger partial charge is 0.262 e. The van der Waals surface area contributed by atoms with E-state index in [2.05, 4.69) is 20.0 Å². The Morgan fingerprint density at radius 3 is 2.66 bits per heavy atom. The minimum absolute atomic E-state index is 0.0652. The summed E-state index contributed by atoms with van der Waals surface area (Å²) >= 11 is 0. The summed E-state index contributed by atoms with van der Waals surface area (Å²) in [5, 5.41) is 4.42. The van der Waals surface area contributed by atoms with Crippen molar-refractivity contribution < 1.29 is 13.5 Å². The van der Waals surface area contributed by atoms with Crippen LogP contribution in [0.1, 0.15) is 18.2 Å². The summed E-state index contributed by atoms with van der Waals surface area (Å²) in [5.74, 6) is 0.279. The van der Waals surface area contributed by atoms with E-state index in [0.29, 0.717) is 29.3 Å². The number of fused-ring (bicyclic) bond motifs is 3. The van der Waals surface area contributed by atoms with Gasteiger partial charge in [0.15, 0.2) is 11.5 Å². The van der Waals surface area contributed by atoms with Gasteiger partial charge in [-0.15, -0.1) is 0 Å². The van der Waals surface area contributed by atoms with Crippen LogP contribution in [0, 0.1) is 23.5 Å². The van der Waals surface area contributed by atoms with Crippen molar-refractivity contribution in [1.29, 1.82) is 0 Å². The van der Waals surface area contributed by atoms with Gasteiger partial charge in [0, 0.05) is 25.1 Å². The van der Waals surface area contributed by atoms with Crippen LogP contribution in [0.3, 0.4) is 0 Å². The summed E-state index contributed by atoms with van der Waals surface area (Å²) in [4.78, 5) is 22.7. The predicted octanol–water partition coefficient (Wildman–Crippen LogP) is 1.82. The Balaban J connectivity index is 1.38. The summed E-state index contributed by atoms with van der Waals surface area (Å²) in [6.45, 7) is 3.55. The first-order valence-electron chi connectivity index (χ1n) is 9.83. The van der Waals surface area contributed by atoms with Gasteiger partial charge in [-0.05, 0) is 30.4 Å². The van der Waals surface area contributed by atoms with Gasteiger partial charge >= 0.3 is 0 Å². The molecule has 1 saturated carbocycles. The fraction of sp³-hybridized carbons (Fsp3) is 0.450. The van der Waals surface area contributed by atoms with Crippen LogP contribution in [0.15, 0.2) is 29.2 Å². The van der Waals surface area contributed by atoms with E-state index in [1.807, 2.05) is 0 Å². The van der Waals surface area contributed by atoms with E-state index < -0.39 is 11.6 Å². The Bertz CT molecular complexity index is 1160. The Labute approximate surface area is 164 Å². The van der Waals surface area contributed by atoms with Gasteiger partial charge in [-0.25, -0.2) is 18.4 Å². The fourth-order valence-electron chi connectivity index (χ4n) is 5.03. The number of hydrogen-bond donors (Lipinski definition) is 1. The number of benzene rings is 1. The minimum Gasteiger partial charge on any atom is -0.378 e. The van der Waals surface area contributed by atoms with E-state index in [1.165, 1.54) is 16.9 Å². The number of piperidine rings is 2. The molecule has 3 saturated heterocycles. The van der Waals surface area contributed by atoms with Gasteiger partial charge in [-0.3, -0.25) is 9.69 Å². The number of aromatic nitrogens is 4. The zero-order chi connectivity index (χ0) is 19.7. The fourth-order valence-corrected chi connectivity index (χ4v) is 5.03. The van der Waals surface area contributed by atoms with Crippen molar-refractivity contribution in [3.05, 3.63) is 52.2 Å². The summed E-state index contributed by atoms with van der Waals surface area (Å²) in [7, 11) is 0. The predicted molar refractivity (Wildman–Crippen MR) is 99.9 cm³/mol. The van der Waals surface area contributed by atoms with Gasteiger partial charge in [0.1, 0.15) is 22.7 Å². The summed E-state index contributed by atoms with van der Waals surface area (Å²) in [6.07, 6.45) is 2.50. The van der Waals surface area contributed by atoms with E-state index in [4.69, 9.17) is 4.74 Å². The van der Waals surface area contributed by atoms with Crippen molar-refractivity contribution in [3.63, 3.8) is 0 Å². The van der Waals surface area contributed by atoms with Crippen molar-refractivity contribution in [2.45, 2.75) is 18.4 Å². The highest BCUT2D eigenvalue weighted by Crippen LogP contribution is 2.51. The Kier molecular flexibility index (Phi) is 3.67. The zero-order valence-electron chi connectivity index (χ0n) is 15.5. The van der Waals surface area contributed by atoms with Gasteiger partial charge in [-0.2, -0.15) is 5.10 Å². The first-order valence-corrected chi connectivity index (χ1v) is 9.83. The Hall–Kier alpha value is -2.65. The molecule has 7 nitrogen and oxygen atoms in total. The molecular formula is C20H19F2N5O2. The highest BCUT2D eigenvalue weighted by molar-refractivity contribution is 5.75. The molecule has 0 amide bonds. The molecule has 5 heterocycles. The minimum atomic E-state index is -0.752. The maximum atomic E-state index is 14.3. The normalized spacial score (nSPS) is 27.0. The lowest BCUT2D eigenvalue weighted by Crippen LogP contribution is -2.61. The van der Waals surface area contributed by atoms with Crippen LogP contribution in [0.25, 0.3) is 16.7 Å². The molecule has 4 fully saturated rings. The van der Waals surface area contributed by atoms with Gasteiger partial charge in [0.25, 0.3) is 5.56 Å². The average molecular weight is 399 g/mol. The maximum Gasteiger partial charge on any atom is 0.262 e. The third kappa shape index (κ3) is 2.57. The van der Waals surface area contributed by atoms with E-state index in [0.717, 1.165) is 44.9 Å². The van der Waals surface area contributed by atoms with Crippen LogP contribution >= 0.6 is 0 Å². The monoisotopic (exact) mass is 399 g/mol. The van der Waals surface area contributed by atoms with Crippen LogP contribution in [-0.4, -0.2) is 57.0 Å². The second-order valence-electron chi connectivity index (χ2n) is 8.27. The number of halogens is 2. The van der Waals surface area contributed by atoms with Crippen LogP contribution in [-0.2, 0) is 4.74 Å². The van der Waals surface area contributed by atoms with Crippen molar-refractivity contribution in [3.8, 4) is 5.69 Å². The number of aromatic amines is 1. The van der Waals surface area contributed by atoms with Crippen molar-refractivity contribution >= 4 is 11.0 Å². The lowest BCUT2D eigenvalue weighted by atomic mass is 9.61. The third-order valence-corrected chi connectivity index (χ3v) is 6.61. The molecule has 2 bridgehead atoms. The molecule has 7 rings (SSSR count). The maximum absolute atomic E-state index is 14.3. The molecule has 29 heavy (non-hydrogen) atoms. The average Bonchev–Trinajstić information content (AvgIpc) is 3.04. The number of nitrogens with zero attached hydrogens (tertiary/aromatic N) is 4. The molecule has 3 aliphatic heterocycles.